The molecule has 0 unspecified atom stereocenters. The van der Waals surface area contributed by atoms with Crippen LogP contribution in [0.4, 0.5) is 28.4 Å². The van der Waals surface area contributed by atoms with Crippen molar-refractivity contribution in [1.29, 1.82) is 0 Å². The molecule has 0 atom stereocenters. The van der Waals surface area contributed by atoms with Gasteiger partial charge >= 0.3 is 12.1 Å². The number of hydrogen-bond donors (Lipinski definition) is 0. The Kier molecular flexibility index (Phi) is 7.08. The number of rotatable bonds is 7. The minimum absolute atomic E-state index is 0.00325. The van der Waals surface area contributed by atoms with E-state index in [0.29, 0.717) is 0 Å². The fraction of sp³-hybridized carbons (Fsp3) is 0.190. The molecule has 6 nitrogen and oxygen atoms in total. The van der Waals surface area contributed by atoms with Crippen LogP contribution in [0.3, 0.4) is 0 Å². The Morgan fingerprint density at radius 3 is 2.56 bits per heavy atom. The summed E-state index contributed by atoms with van der Waals surface area (Å²) >= 11 is 0.999. The topological polar surface area (TPSA) is 68.7 Å². The van der Waals surface area contributed by atoms with E-state index in [1.807, 2.05) is 0 Å². The molecular formula is C21H16F4N2O4S. The lowest BCUT2D eigenvalue weighted by atomic mass is 10.2. The number of esters is 1. The third-order valence-corrected chi connectivity index (χ3v) is 4.92. The standard InChI is InChI=1S/C21H16F4N2O4S/c1-13(28)27(16-6-4-5-14(9-16)21(23,24)25)20-26-15(12-32-20)10-31-19(29)11-30-18-8-3-2-7-17(18)22/h2-9,12H,10-11H2,1H3. The number of carbonyl (C=O) groups excluding carboxylic acids is 2. The van der Waals surface area contributed by atoms with Gasteiger partial charge in [0.15, 0.2) is 23.3 Å². The maximum absolute atomic E-state index is 13.5. The number of halogens is 4. The predicted octanol–water partition coefficient (Wildman–Crippen LogP) is 5.11. The maximum Gasteiger partial charge on any atom is 0.416 e. The number of nitrogens with zero attached hydrogens (tertiary/aromatic N) is 2. The summed E-state index contributed by atoms with van der Waals surface area (Å²) in [6.45, 7) is 0.410. The van der Waals surface area contributed by atoms with Gasteiger partial charge in [-0.05, 0) is 30.3 Å². The van der Waals surface area contributed by atoms with Crippen molar-refractivity contribution >= 4 is 34.0 Å². The molecule has 32 heavy (non-hydrogen) atoms. The van der Waals surface area contributed by atoms with E-state index in [-0.39, 0.29) is 28.9 Å². The van der Waals surface area contributed by atoms with Crippen molar-refractivity contribution in [2.24, 2.45) is 0 Å². The molecule has 2 aromatic carbocycles. The molecule has 0 aliphatic rings. The molecule has 0 aliphatic carbocycles. The van der Waals surface area contributed by atoms with Gasteiger partial charge in [0.05, 0.1) is 16.9 Å². The van der Waals surface area contributed by atoms with Gasteiger partial charge in [0.1, 0.15) is 6.61 Å². The molecule has 0 saturated carbocycles. The van der Waals surface area contributed by atoms with E-state index in [4.69, 9.17) is 9.47 Å². The van der Waals surface area contributed by atoms with Gasteiger partial charge in [0.2, 0.25) is 5.91 Å². The fourth-order valence-corrected chi connectivity index (χ4v) is 3.48. The SMILES string of the molecule is CC(=O)N(c1cccc(C(F)(F)F)c1)c1nc(COC(=O)COc2ccccc2F)cs1. The number of alkyl halides is 3. The van der Waals surface area contributed by atoms with E-state index in [9.17, 15) is 27.2 Å². The lowest BCUT2D eigenvalue weighted by molar-refractivity contribution is -0.147. The number of para-hydroxylation sites is 1. The minimum atomic E-state index is -4.56. The van der Waals surface area contributed by atoms with Gasteiger partial charge in [-0.25, -0.2) is 14.2 Å². The van der Waals surface area contributed by atoms with E-state index in [1.165, 1.54) is 42.6 Å². The van der Waals surface area contributed by atoms with Gasteiger partial charge in [0.25, 0.3) is 0 Å². The summed E-state index contributed by atoms with van der Waals surface area (Å²) in [5.74, 6) is -2.04. The monoisotopic (exact) mass is 468 g/mol. The Balaban J connectivity index is 1.65. The number of thiazole rings is 1. The summed E-state index contributed by atoms with van der Waals surface area (Å²) in [4.78, 5) is 29.1. The number of amides is 1. The highest BCUT2D eigenvalue weighted by Gasteiger charge is 2.31. The quantitative estimate of drug-likeness (QED) is 0.356. The Morgan fingerprint density at radius 2 is 1.88 bits per heavy atom. The van der Waals surface area contributed by atoms with Crippen LogP contribution in [0.2, 0.25) is 0 Å². The number of ether oxygens (including phenoxy) is 2. The van der Waals surface area contributed by atoms with Gasteiger partial charge in [0, 0.05) is 12.3 Å². The van der Waals surface area contributed by atoms with Crippen LogP contribution in [0.15, 0.2) is 53.9 Å². The zero-order chi connectivity index (χ0) is 23.3. The third kappa shape index (κ3) is 5.82. The van der Waals surface area contributed by atoms with Crippen LogP contribution in [0.25, 0.3) is 0 Å². The largest absolute Gasteiger partial charge is 0.479 e. The van der Waals surface area contributed by atoms with Crippen molar-refractivity contribution in [2.45, 2.75) is 19.7 Å². The normalized spacial score (nSPS) is 11.2. The van der Waals surface area contributed by atoms with Gasteiger partial charge in [-0.2, -0.15) is 13.2 Å². The van der Waals surface area contributed by atoms with E-state index >= 15 is 0 Å². The number of hydrogen-bond acceptors (Lipinski definition) is 6. The molecule has 168 valence electrons. The van der Waals surface area contributed by atoms with Crippen LogP contribution in [0.5, 0.6) is 5.75 Å². The Hall–Kier alpha value is -3.47. The summed E-state index contributed by atoms with van der Waals surface area (Å²) in [5, 5.41) is 1.62. The number of aromatic nitrogens is 1. The number of benzene rings is 2. The van der Waals surface area contributed by atoms with Crippen LogP contribution >= 0.6 is 11.3 Å². The van der Waals surface area contributed by atoms with Gasteiger partial charge < -0.3 is 9.47 Å². The lowest BCUT2D eigenvalue weighted by Crippen LogP contribution is -2.23. The third-order valence-electron chi connectivity index (χ3n) is 4.04. The smallest absolute Gasteiger partial charge is 0.416 e. The van der Waals surface area contributed by atoms with Crippen molar-refractivity contribution < 1.29 is 36.6 Å². The molecule has 11 heteroatoms. The average molecular weight is 468 g/mol. The Bertz CT molecular complexity index is 1120. The highest BCUT2D eigenvalue weighted by atomic mass is 32.1. The first-order valence-corrected chi connectivity index (χ1v) is 9.98. The molecule has 0 radical (unpaired) electrons. The van der Waals surface area contributed by atoms with Crippen LogP contribution in [-0.4, -0.2) is 23.5 Å². The zero-order valence-electron chi connectivity index (χ0n) is 16.6. The number of anilines is 2. The van der Waals surface area contributed by atoms with Crippen molar-refractivity contribution in [1.82, 2.24) is 4.98 Å². The molecule has 1 amide bonds. The van der Waals surface area contributed by atoms with Gasteiger partial charge in [-0.1, -0.05) is 18.2 Å². The number of carbonyl (C=O) groups is 2. The summed E-state index contributed by atoms with van der Waals surface area (Å²) in [7, 11) is 0. The van der Waals surface area contributed by atoms with Crippen LogP contribution in [-0.2, 0) is 27.1 Å². The average Bonchev–Trinajstić information content (AvgIpc) is 3.19. The highest BCUT2D eigenvalue weighted by molar-refractivity contribution is 7.14. The second kappa shape index (κ2) is 9.77. The first-order chi connectivity index (χ1) is 15.1. The molecule has 0 fully saturated rings. The van der Waals surface area contributed by atoms with E-state index in [2.05, 4.69) is 4.98 Å². The first-order valence-electron chi connectivity index (χ1n) is 9.10. The fourth-order valence-electron chi connectivity index (χ4n) is 2.61. The molecule has 0 saturated heterocycles. The summed E-state index contributed by atoms with van der Waals surface area (Å²) in [6, 6.07) is 9.87. The van der Waals surface area contributed by atoms with Crippen molar-refractivity contribution in [2.75, 3.05) is 11.5 Å². The van der Waals surface area contributed by atoms with E-state index in [0.717, 1.165) is 28.4 Å². The predicted molar refractivity (Wildman–Crippen MR) is 108 cm³/mol. The van der Waals surface area contributed by atoms with Crippen LogP contribution < -0.4 is 9.64 Å². The zero-order valence-corrected chi connectivity index (χ0v) is 17.4. The molecule has 0 N–H and O–H groups in total. The van der Waals surface area contributed by atoms with Crippen LogP contribution in [0, 0.1) is 5.82 Å². The molecule has 0 spiro atoms. The molecule has 1 aromatic heterocycles. The first kappa shape index (κ1) is 23.2. The molecular weight excluding hydrogens is 452 g/mol. The van der Waals surface area contributed by atoms with Gasteiger partial charge in [-0.3, -0.25) is 9.69 Å². The van der Waals surface area contributed by atoms with Gasteiger partial charge in [-0.15, -0.1) is 11.3 Å². The highest BCUT2D eigenvalue weighted by Crippen LogP contribution is 2.35. The maximum atomic E-state index is 13.5. The Morgan fingerprint density at radius 1 is 1.12 bits per heavy atom. The molecule has 0 aliphatic heterocycles. The Labute approximate surface area is 184 Å². The lowest BCUT2D eigenvalue weighted by Gasteiger charge is -2.19. The minimum Gasteiger partial charge on any atom is -0.479 e. The van der Waals surface area contributed by atoms with Crippen molar-refractivity contribution in [3.63, 3.8) is 0 Å². The molecule has 0 bridgehead atoms. The molecule has 3 aromatic rings. The summed E-state index contributed by atoms with van der Waals surface area (Å²) < 4.78 is 62.6. The molecule has 1 heterocycles. The second-order valence-corrected chi connectivity index (χ2v) is 7.24. The summed E-state index contributed by atoms with van der Waals surface area (Å²) in [6.07, 6.45) is -4.56. The summed E-state index contributed by atoms with van der Waals surface area (Å²) in [5.41, 5.74) is -0.618. The molecule has 3 rings (SSSR count). The van der Waals surface area contributed by atoms with Crippen LogP contribution in [0.1, 0.15) is 18.2 Å². The second-order valence-electron chi connectivity index (χ2n) is 6.40. The van der Waals surface area contributed by atoms with Crippen molar-refractivity contribution in [3.8, 4) is 5.75 Å². The van der Waals surface area contributed by atoms with Crippen molar-refractivity contribution in [3.05, 3.63) is 71.0 Å². The van der Waals surface area contributed by atoms with E-state index < -0.39 is 36.0 Å². The van der Waals surface area contributed by atoms with E-state index in [1.54, 1.807) is 6.07 Å².